The number of benzene rings is 2. The van der Waals surface area contributed by atoms with Crippen LogP contribution >= 0.6 is 11.6 Å². The van der Waals surface area contributed by atoms with Gasteiger partial charge in [-0.2, -0.15) is 9.57 Å². The van der Waals surface area contributed by atoms with Crippen molar-refractivity contribution in [1.82, 2.24) is 9.29 Å². The van der Waals surface area contributed by atoms with Gasteiger partial charge in [0.25, 0.3) is 0 Å². The maximum atomic E-state index is 14.2. The number of anilines is 1. The van der Waals surface area contributed by atoms with Gasteiger partial charge in [0.05, 0.1) is 34.5 Å². The minimum Gasteiger partial charge on any atom is -0.309 e. The second-order valence-electron chi connectivity index (χ2n) is 9.99. The quantitative estimate of drug-likeness (QED) is 0.525. The highest BCUT2D eigenvalue weighted by Gasteiger charge is 2.54. The average molecular weight is 509 g/mol. The molecule has 3 heterocycles. The average Bonchev–Trinajstić information content (AvgIpc) is 3.14. The number of carbonyl (C=O) groups is 1. The summed E-state index contributed by atoms with van der Waals surface area (Å²) >= 11 is 6.35. The van der Waals surface area contributed by atoms with Gasteiger partial charge in [-0.25, -0.2) is 8.42 Å². The maximum absolute atomic E-state index is 14.2. The number of hydrogen-bond acceptors (Lipinski definition) is 5. The van der Waals surface area contributed by atoms with Crippen LogP contribution in [0.4, 0.5) is 5.69 Å². The van der Waals surface area contributed by atoms with E-state index in [1.807, 2.05) is 24.3 Å². The maximum Gasteiger partial charge on any atom is 0.239 e. The third kappa shape index (κ3) is 3.98. The van der Waals surface area contributed by atoms with Crippen LogP contribution in [0.5, 0.6) is 0 Å². The van der Waals surface area contributed by atoms with E-state index in [-0.39, 0.29) is 24.7 Å². The molecule has 1 atom stereocenters. The van der Waals surface area contributed by atoms with Crippen LogP contribution in [0, 0.1) is 16.7 Å². The number of fused-ring (bicyclic) bond motifs is 3. The molecule has 9 heteroatoms. The zero-order valence-corrected chi connectivity index (χ0v) is 21.1. The largest absolute Gasteiger partial charge is 0.309 e. The lowest BCUT2D eigenvalue weighted by atomic mass is 9.74. The van der Waals surface area contributed by atoms with Gasteiger partial charge in [0.2, 0.25) is 15.9 Å². The molecular formula is C26H25ClN4O3S. The highest BCUT2D eigenvalue weighted by molar-refractivity contribution is 7.89. The Labute approximate surface area is 210 Å². The summed E-state index contributed by atoms with van der Waals surface area (Å²) < 4.78 is 28.2. The molecule has 0 bridgehead atoms. The Hall–Kier alpha value is -2.99. The Morgan fingerprint density at radius 3 is 2.74 bits per heavy atom. The predicted octanol–water partition coefficient (Wildman–Crippen LogP) is 4.26. The summed E-state index contributed by atoms with van der Waals surface area (Å²) in [5, 5.41) is 11.8. The van der Waals surface area contributed by atoms with Gasteiger partial charge in [-0.15, -0.1) is 0 Å². The van der Waals surface area contributed by atoms with Crippen molar-refractivity contribution in [1.29, 1.82) is 5.26 Å². The smallest absolute Gasteiger partial charge is 0.239 e. The van der Waals surface area contributed by atoms with Crippen molar-refractivity contribution < 1.29 is 13.2 Å². The van der Waals surface area contributed by atoms with E-state index >= 15 is 0 Å². The Bertz CT molecular complexity index is 1490. The first-order valence-corrected chi connectivity index (χ1v) is 13.4. The highest BCUT2D eigenvalue weighted by atomic mass is 35.5. The molecule has 1 unspecified atom stereocenters. The first-order valence-electron chi connectivity index (χ1n) is 11.4. The van der Waals surface area contributed by atoms with Crippen molar-refractivity contribution in [3.63, 3.8) is 0 Å². The number of aromatic nitrogens is 1. The molecule has 1 spiro atoms. The Morgan fingerprint density at radius 2 is 1.97 bits per heavy atom. The summed E-state index contributed by atoms with van der Waals surface area (Å²) in [6, 6.07) is 15.1. The van der Waals surface area contributed by atoms with Crippen LogP contribution in [0.3, 0.4) is 0 Å². The van der Waals surface area contributed by atoms with E-state index < -0.39 is 20.9 Å². The topological polar surface area (TPSA) is 94.4 Å². The summed E-state index contributed by atoms with van der Waals surface area (Å²) in [6.07, 6.45) is 3.89. The minimum absolute atomic E-state index is 0.0116. The number of amides is 1. The fourth-order valence-corrected chi connectivity index (χ4v) is 7.34. The molecular weight excluding hydrogens is 484 g/mol. The van der Waals surface area contributed by atoms with E-state index in [0.717, 1.165) is 21.9 Å². The van der Waals surface area contributed by atoms with Crippen LogP contribution in [-0.4, -0.2) is 42.5 Å². The van der Waals surface area contributed by atoms with Gasteiger partial charge in [-0.05, 0) is 43.5 Å². The SMILES string of the molecule is CC(C)(C#N)CS(=O)(=O)N1Cc2ccc(Cl)cc2C2(CCN(c3cncc4ccccc34)C2=O)C1. The first-order chi connectivity index (χ1) is 16.6. The van der Waals surface area contributed by atoms with Crippen LogP contribution in [0.2, 0.25) is 5.02 Å². The number of carbonyl (C=O) groups excluding carboxylic acids is 1. The zero-order chi connectivity index (χ0) is 25.0. The summed E-state index contributed by atoms with van der Waals surface area (Å²) in [5.41, 5.74) is 0.118. The fourth-order valence-electron chi connectivity index (χ4n) is 5.25. The molecule has 2 aliphatic heterocycles. The molecule has 1 aromatic heterocycles. The number of hydrogen-bond donors (Lipinski definition) is 0. The summed E-state index contributed by atoms with van der Waals surface area (Å²) in [7, 11) is -3.81. The molecule has 1 amide bonds. The van der Waals surface area contributed by atoms with Crippen LogP contribution in [0.15, 0.2) is 54.9 Å². The van der Waals surface area contributed by atoms with Crippen molar-refractivity contribution in [2.24, 2.45) is 5.41 Å². The zero-order valence-electron chi connectivity index (χ0n) is 19.5. The first kappa shape index (κ1) is 23.7. The predicted molar refractivity (Wildman–Crippen MR) is 135 cm³/mol. The number of pyridine rings is 1. The number of nitriles is 1. The lowest BCUT2D eigenvalue weighted by molar-refractivity contribution is -0.122. The Morgan fingerprint density at radius 1 is 1.20 bits per heavy atom. The van der Waals surface area contributed by atoms with E-state index in [4.69, 9.17) is 11.6 Å². The van der Waals surface area contributed by atoms with Crippen LogP contribution in [0.1, 0.15) is 31.4 Å². The molecule has 3 aromatic rings. The monoisotopic (exact) mass is 508 g/mol. The van der Waals surface area contributed by atoms with Gasteiger partial charge < -0.3 is 4.90 Å². The molecule has 5 rings (SSSR count). The van der Waals surface area contributed by atoms with Crippen LogP contribution in [0.25, 0.3) is 10.8 Å². The van der Waals surface area contributed by atoms with Gasteiger partial charge >= 0.3 is 0 Å². The standard InChI is InChI=1S/C26H25ClN4O3S/c1-25(2,15-28)17-35(33,34)30-14-19-7-8-20(27)11-22(19)26(16-30)9-10-31(24(26)32)23-13-29-12-18-5-3-4-6-21(18)23/h3-8,11-13H,9-10,14,16-17H2,1-2H3. The molecule has 2 aromatic carbocycles. The van der Waals surface area contributed by atoms with Gasteiger partial charge in [-0.1, -0.05) is 41.9 Å². The minimum atomic E-state index is -3.81. The molecule has 1 saturated heterocycles. The second kappa shape index (κ2) is 8.30. The summed E-state index contributed by atoms with van der Waals surface area (Å²) in [6.45, 7) is 3.79. The van der Waals surface area contributed by atoms with E-state index in [0.29, 0.717) is 23.7 Å². The lowest BCUT2D eigenvalue weighted by Gasteiger charge is -2.40. The van der Waals surface area contributed by atoms with Crippen molar-refractivity contribution in [3.05, 3.63) is 71.0 Å². The number of halogens is 1. The van der Waals surface area contributed by atoms with Crippen molar-refractivity contribution in [3.8, 4) is 6.07 Å². The van der Waals surface area contributed by atoms with E-state index in [1.54, 1.807) is 49.3 Å². The van der Waals surface area contributed by atoms with Crippen molar-refractivity contribution in [2.75, 3.05) is 23.7 Å². The van der Waals surface area contributed by atoms with E-state index in [1.165, 1.54) is 4.31 Å². The van der Waals surface area contributed by atoms with Crippen LogP contribution in [-0.2, 0) is 26.8 Å². The van der Waals surface area contributed by atoms with E-state index in [2.05, 4.69) is 11.1 Å². The molecule has 0 N–H and O–H groups in total. The van der Waals surface area contributed by atoms with Gasteiger partial charge in [0.15, 0.2) is 0 Å². The number of rotatable bonds is 4. The normalized spacial score (nSPS) is 20.9. The molecule has 35 heavy (non-hydrogen) atoms. The Kier molecular flexibility index (Phi) is 5.63. The van der Waals surface area contributed by atoms with Crippen LogP contribution < -0.4 is 4.90 Å². The molecule has 180 valence electrons. The molecule has 0 radical (unpaired) electrons. The molecule has 1 fully saturated rings. The van der Waals surface area contributed by atoms with Crippen molar-refractivity contribution >= 4 is 44.0 Å². The van der Waals surface area contributed by atoms with Gasteiger partial charge in [0.1, 0.15) is 0 Å². The molecule has 0 saturated carbocycles. The Balaban J connectivity index is 1.60. The third-order valence-corrected chi connectivity index (χ3v) is 9.34. The second-order valence-corrected chi connectivity index (χ2v) is 12.4. The fraction of sp³-hybridized carbons (Fsp3) is 0.346. The van der Waals surface area contributed by atoms with Gasteiger partial charge in [-0.3, -0.25) is 9.78 Å². The number of nitrogens with zero attached hydrogens (tertiary/aromatic N) is 4. The highest BCUT2D eigenvalue weighted by Crippen LogP contribution is 2.46. The van der Waals surface area contributed by atoms with Crippen molar-refractivity contribution in [2.45, 2.75) is 32.2 Å². The molecule has 2 aliphatic rings. The van der Waals surface area contributed by atoms with Gasteiger partial charge in [0, 0.05) is 41.6 Å². The summed E-state index contributed by atoms with van der Waals surface area (Å²) in [4.78, 5) is 20.2. The molecule has 0 aliphatic carbocycles. The lowest BCUT2D eigenvalue weighted by Crippen LogP contribution is -2.53. The summed E-state index contributed by atoms with van der Waals surface area (Å²) in [5.74, 6) is -0.487. The number of sulfonamides is 1. The third-order valence-electron chi connectivity index (χ3n) is 6.97. The van der Waals surface area contributed by atoms with E-state index in [9.17, 15) is 18.5 Å². The molecule has 7 nitrogen and oxygen atoms in total.